The highest BCUT2D eigenvalue weighted by Crippen LogP contribution is 2.31. The maximum absolute atomic E-state index is 9.62. The van der Waals surface area contributed by atoms with E-state index in [0.29, 0.717) is 6.04 Å². The van der Waals surface area contributed by atoms with Gasteiger partial charge in [0.15, 0.2) is 0 Å². The van der Waals surface area contributed by atoms with E-state index in [2.05, 4.69) is 11.9 Å². The van der Waals surface area contributed by atoms with E-state index in [0.717, 1.165) is 52.2 Å². The van der Waals surface area contributed by atoms with Crippen LogP contribution in [0.4, 0.5) is 0 Å². The lowest BCUT2D eigenvalue weighted by molar-refractivity contribution is -0.0365. The highest BCUT2D eigenvalue weighted by Gasteiger charge is 2.35. The summed E-state index contributed by atoms with van der Waals surface area (Å²) in [6.45, 7) is 4.53. The summed E-state index contributed by atoms with van der Waals surface area (Å²) < 4.78 is 10.8. The first kappa shape index (κ1) is 12.3. The standard InChI is InChI=1S/C12H23NO3/c1-13(11-2-5-16-8-11)9-12(10-14)3-6-15-7-4-12/h11,14H,2-10H2,1H3. The van der Waals surface area contributed by atoms with Crippen molar-refractivity contribution >= 4 is 0 Å². The molecular weight excluding hydrogens is 206 g/mol. The molecule has 2 saturated heterocycles. The van der Waals surface area contributed by atoms with Gasteiger partial charge in [-0.3, -0.25) is 0 Å². The van der Waals surface area contributed by atoms with E-state index in [9.17, 15) is 5.11 Å². The molecule has 0 spiro atoms. The Labute approximate surface area is 97.5 Å². The van der Waals surface area contributed by atoms with Gasteiger partial charge in [-0.15, -0.1) is 0 Å². The summed E-state index contributed by atoms with van der Waals surface area (Å²) in [5.74, 6) is 0. The third-order valence-corrected chi connectivity index (χ3v) is 4.00. The van der Waals surface area contributed by atoms with Crippen LogP contribution in [-0.4, -0.2) is 62.7 Å². The maximum atomic E-state index is 9.62. The molecular formula is C12H23NO3. The van der Waals surface area contributed by atoms with Crippen LogP contribution in [0.2, 0.25) is 0 Å². The van der Waals surface area contributed by atoms with E-state index < -0.39 is 0 Å². The zero-order valence-electron chi connectivity index (χ0n) is 10.2. The third-order valence-electron chi connectivity index (χ3n) is 4.00. The first-order chi connectivity index (χ1) is 7.76. The fraction of sp³-hybridized carbons (Fsp3) is 1.00. The van der Waals surface area contributed by atoms with Gasteiger partial charge in [-0.25, -0.2) is 0 Å². The molecule has 0 amide bonds. The van der Waals surface area contributed by atoms with Crippen LogP contribution >= 0.6 is 0 Å². The minimum Gasteiger partial charge on any atom is -0.396 e. The monoisotopic (exact) mass is 229 g/mol. The molecule has 94 valence electrons. The minimum atomic E-state index is 0.0512. The van der Waals surface area contributed by atoms with Crippen LogP contribution < -0.4 is 0 Å². The molecule has 16 heavy (non-hydrogen) atoms. The zero-order valence-corrected chi connectivity index (χ0v) is 10.2. The number of aliphatic hydroxyl groups is 1. The van der Waals surface area contributed by atoms with Gasteiger partial charge in [-0.1, -0.05) is 0 Å². The molecule has 2 aliphatic rings. The number of aliphatic hydroxyl groups excluding tert-OH is 1. The molecule has 0 aromatic carbocycles. The maximum Gasteiger partial charge on any atom is 0.0622 e. The highest BCUT2D eigenvalue weighted by atomic mass is 16.5. The van der Waals surface area contributed by atoms with Crippen LogP contribution in [0.15, 0.2) is 0 Å². The fourth-order valence-electron chi connectivity index (χ4n) is 2.70. The lowest BCUT2D eigenvalue weighted by atomic mass is 9.80. The van der Waals surface area contributed by atoms with Crippen molar-refractivity contribution in [3.05, 3.63) is 0 Å². The van der Waals surface area contributed by atoms with Crippen molar-refractivity contribution in [2.24, 2.45) is 5.41 Å². The van der Waals surface area contributed by atoms with E-state index in [-0.39, 0.29) is 12.0 Å². The molecule has 2 aliphatic heterocycles. The Bertz CT molecular complexity index is 210. The minimum absolute atomic E-state index is 0.0512. The SMILES string of the molecule is CN(CC1(CO)CCOCC1)C1CCOC1. The number of hydrogen-bond acceptors (Lipinski definition) is 4. The van der Waals surface area contributed by atoms with E-state index in [4.69, 9.17) is 9.47 Å². The second-order valence-electron chi connectivity index (χ2n) is 5.20. The zero-order chi connectivity index (χ0) is 11.4. The summed E-state index contributed by atoms with van der Waals surface area (Å²) in [6.07, 6.45) is 3.07. The lowest BCUT2D eigenvalue weighted by Crippen LogP contribution is -2.46. The summed E-state index contributed by atoms with van der Waals surface area (Å²) in [5, 5.41) is 9.62. The predicted molar refractivity (Wildman–Crippen MR) is 61.4 cm³/mol. The Morgan fingerprint density at radius 1 is 1.25 bits per heavy atom. The van der Waals surface area contributed by atoms with Gasteiger partial charge >= 0.3 is 0 Å². The molecule has 1 N–H and O–H groups in total. The molecule has 0 saturated carbocycles. The van der Waals surface area contributed by atoms with Crippen molar-refractivity contribution in [1.82, 2.24) is 4.90 Å². The van der Waals surface area contributed by atoms with Gasteiger partial charge < -0.3 is 19.5 Å². The molecule has 4 nitrogen and oxygen atoms in total. The first-order valence-corrected chi connectivity index (χ1v) is 6.22. The molecule has 1 unspecified atom stereocenters. The molecule has 0 bridgehead atoms. The van der Waals surface area contributed by atoms with Crippen molar-refractivity contribution in [2.75, 3.05) is 46.6 Å². The van der Waals surface area contributed by atoms with Crippen molar-refractivity contribution in [2.45, 2.75) is 25.3 Å². The molecule has 0 aromatic heterocycles. The molecule has 2 heterocycles. The second kappa shape index (κ2) is 5.45. The van der Waals surface area contributed by atoms with Crippen molar-refractivity contribution < 1.29 is 14.6 Å². The Hall–Kier alpha value is -0.160. The van der Waals surface area contributed by atoms with Crippen LogP contribution in [-0.2, 0) is 9.47 Å². The third kappa shape index (κ3) is 2.74. The summed E-state index contributed by atoms with van der Waals surface area (Å²) in [6, 6.07) is 0.534. The van der Waals surface area contributed by atoms with Crippen LogP contribution in [0.25, 0.3) is 0 Å². The molecule has 0 aliphatic carbocycles. The van der Waals surface area contributed by atoms with Gasteiger partial charge in [0.2, 0.25) is 0 Å². The van der Waals surface area contributed by atoms with Crippen LogP contribution in [0.3, 0.4) is 0 Å². The van der Waals surface area contributed by atoms with Gasteiger partial charge in [0, 0.05) is 37.8 Å². The Morgan fingerprint density at radius 3 is 2.56 bits per heavy atom. The molecule has 4 heteroatoms. The van der Waals surface area contributed by atoms with Crippen LogP contribution in [0, 0.1) is 5.41 Å². The highest BCUT2D eigenvalue weighted by molar-refractivity contribution is 4.86. The average Bonchev–Trinajstić information content (AvgIpc) is 2.84. The van der Waals surface area contributed by atoms with Gasteiger partial charge in [0.25, 0.3) is 0 Å². The fourth-order valence-corrected chi connectivity index (χ4v) is 2.70. The van der Waals surface area contributed by atoms with E-state index in [1.54, 1.807) is 0 Å². The van der Waals surface area contributed by atoms with Crippen molar-refractivity contribution in [3.63, 3.8) is 0 Å². The average molecular weight is 229 g/mol. The number of ether oxygens (including phenoxy) is 2. The van der Waals surface area contributed by atoms with Gasteiger partial charge in [0.1, 0.15) is 0 Å². The normalized spacial score (nSPS) is 29.8. The number of nitrogens with zero attached hydrogens (tertiary/aromatic N) is 1. The first-order valence-electron chi connectivity index (χ1n) is 6.22. The summed E-state index contributed by atoms with van der Waals surface area (Å²) >= 11 is 0. The predicted octanol–water partition coefficient (Wildman–Crippen LogP) is 0.496. The molecule has 0 aromatic rings. The number of hydrogen-bond donors (Lipinski definition) is 1. The largest absolute Gasteiger partial charge is 0.396 e. The van der Waals surface area contributed by atoms with Crippen LogP contribution in [0.5, 0.6) is 0 Å². The topological polar surface area (TPSA) is 41.9 Å². The smallest absolute Gasteiger partial charge is 0.0622 e. The number of likely N-dealkylation sites (N-methyl/N-ethyl adjacent to an activating group) is 1. The van der Waals surface area contributed by atoms with Gasteiger partial charge in [-0.2, -0.15) is 0 Å². The van der Waals surface area contributed by atoms with Crippen molar-refractivity contribution in [3.8, 4) is 0 Å². The van der Waals surface area contributed by atoms with Gasteiger partial charge in [-0.05, 0) is 26.3 Å². The Kier molecular flexibility index (Phi) is 4.19. The van der Waals surface area contributed by atoms with E-state index in [1.807, 2.05) is 0 Å². The second-order valence-corrected chi connectivity index (χ2v) is 5.20. The quantitative estimate of drug-likeness (QED) is 0.762. The Balaban J connectivity index is 1.89. The molecule has 0 radical (unpaired) electrons. The summed E-state index contributed by atoms with van der Waals surface area (Å²) in [5.41, 5.74) is 0.0512. The number of rotatable bonds is 4. The van der Waals surface area contributed by atoms with Crippen molar-refractivity contribution in [1.29, 1.82) is 0 Å². The molecule has 2 fully saturated rings. The molecule has 1 atom stereocenters. The van der Waals surface area contributed by atoms with E-state index >= 15 is 0 Å². The Morgan fingerprint density at radius 2 is 2.00 bits per heavy atom. The van der Waals surface area contributed by atoms with Gasteiger partial charge in [0.05, 0.1) is 13.2 Å². The summed E-state index contributed by atoms with van der Waals surface area (Å²) in [4.78, 5) is 2.36. The summed E-state index contributed by atoms with van der Waals surface area (Å²) in [7, 11) is 2.15. The van der Waals surface area contributed by atoms with Crippen LogP contribution in [0.1, 0.15) is 19.3 Å². The lowest BCUT2D eigenvalue weighted by Gasteiger charge is -2.40. The van der Waals surface area contributed by atoms with E-state index in [1.165, 1.54) is 0 Å². The molecule has 2 rings (SSSR count).